The van der Waals surface area contributed by atoms with Gasteiger partial charge in [-0.05, 0) is 74.4 Å². The lowest BCUT2D eigenvalue weighted by Crippen LogP contribution is -2.54. The molecule has 3 atom stereocenters. The highest BCUT2D eigenvalue weighted by Gasteiger charge is 2.40. The summed E-state index contributed by atoms with van der Waals surface area (Å²) in [6.07, 6.45) is 5.63. The van der Waals surface area contributed by atoms with Crippen LogP contribution in [0.5, 0.6) is 0 Å². The number of piperazine rings is 1. The van der Waals surface area contributed by atoms with Gasteiger partial charge in [0.25, 0.3) is 0 Å². The van der Waals surface area contributed by atoms with E-state index < -0.39 is 0 Å². The lowest BCUT2D eigenvalue weighted by Gasteiger charge is -2.39. The number of benzene rings is 1. The van der Waals surface area contributed by atoms with Crippen molar-refractivity contribution in [2.75, 3.05) is 31.1 Å². The van der Waals surface area contributed by atoms with Gasteiger partial charge in [0, 0.05) is 37.9 Å². The normalized spacial score (nSPS) is 29.2. The van der Waals surface area contributed by atoms with Crippen molar-refractivity contribution in [3.8, 4) is 0 Å². The number of thiocarbonyl (C=S) groups is 1. The molecule has 3 aliphatic rings. The van der Waals surface area contributed by atoms with Crippen molar-refractivity contribution in [1.82, 2.24) is 10.2 Å². The van der Waals surface area contributed by atoms with E-state index in [2.05, 4.69) is 47.2 Å². The maximum Gasteiger partial charge on any atom is 0.169 e. The molecule has 3 fully saturated rings. The molecule has 24 heavy (non-hydrogen) atoms. The smallest absolute Gasteiger partial charge is 0.169 e. The van der Waals surface area contributed by atoms with Crippen molar-refractivity contribution in [3.05, 3.63) is 29.3 Å². The van der Waals surface area contributed by atoms with E-state index in [9.17, 15) is 0 Å². The van der Waals surface area contributed by atoms with E-state index in [0.717, 1.165) is 43.1 Å². The number of rotatable bonds is 2. The maximum atomic E-state index is 5.72. The third-order valence-corrected chi connectivity index (χ3v) is 6.70. The maximum absolute atomic E-state index is 5.72. The Labute approximate surface area is 151 Å². The van der Waals surface area contributed by atoms with E-state index in [-0.39, 0.29) is 0 Å². The molecule has 1 aliphatic heterocycles. The standard InChI is InChI=1S/C20H29N3S/c1-14-3-4-15(2)19(11-14)22-7-9-23(10-8-22)20(24)21-18-13-16-5-6-17(18)12-16/h3-4,11,16-18H,5-10,12-13H2,1-2H3,(H,21,24)/t16-,17+,18-/m0/s1. The Morgan fingerprint density at radius 3 is 2.54 bits per heavy atom. The van der Waals surface area contributed by atoms with Crippen LogP contribution in [0.4, 0.5) is 5.69 Å². The minimum atomic E-state index is 0.647. The van der Waals surface area contributed by atoms with Gasteiger partial charge in [-0.2, -0.15) is 0 Å². The average molecular weight is 344 g/mol. The van der Waals surface area contributed by atoms with Crippen LogP contribution in [0.25, 0.3) is 0 Å². The van der Waals surface area contributed by atoms with Crippen LogP contribution in [0.3, 0.4) is 0 Å². The van der Waals surface area contributed by atoms with Crippen LogP contribution < -0.4 is 10.2 Å². The summed E-state index contributed by atoms with van der Waals surface area (Å²) in [5, 5.41) is 4.69. The van der Waals surface area contributed by atoms with Crippen LogP contribution in [0.1, 0.15) is 36.8 Å². The van der Waals surface area contributed by atoms with Gasteiger partial charge in [0.15, 0.2) is 5.11 Å². The summed E-state index contributed by atoms with van der Waals surface area (Å²) in [7, 11) is 0. The molecule has 3 nitrogen and oxygen atoms in total. The van der Waals surface area contributed by atoms with Crippen LogP contribution in [0.2, 0.25) is 0 Å². The fraction of sp³-hybridized carbons (Fsp3) is 0.650. The molecule has 1 saturated heterocycles. The zero-order chi connectivity index (χ0) is 16.7. The molecular formula is C20H29N3S. The Bertz CT molecular complexity index is 621. The summed E-state index contributed by atoms with van der Waals surface area (Å²) in [6, 6.07) is 7.40. The van der Waals surface area contributed by atoms with E-state index in [4.69, 9.17) is 12.2 Å². The summed E-state index contributed by atoms with van der Waals surface area (Å²) < 4.78 is 0. The summed E-state index contributed by atoms with van der Waals surface area (Å²) >= 11 is 5.72. The zero-order valence-electron chi connectivity index (χ0n) is 14.9. The van der Waals surface area contributed by atoms with Crippen LogP contribution in [-0.2, 0) is 0 Å². The van der Waals surface area contributed by atoms with Gasteiger partial charge in [-0.3, -0.25) is 0 Å². The van der Waals surface area contributed by atoms with Crippen molar-refractivity contribution in [2.24, 2.45) is 11.8 Å². The topological polar surface area (TPSA) is 18.5 Å². The number of hydrogen-bond acceptors (Lipinski definition) is 2. The predicted molar refractivity (Wildman–Crippen MR) is 105 cm³/mol. The van der Waals surface area contributed by atoms with Gasteiger partial charge in [-0.15, -0.1) is 0 Å². The summed E-state index contributed by atoms with van der Waals surface area (Å²) in [5.74, 6) is 1.85. The molecule has 2 saturated carbocycles. The van der Waals surface area contributed by atoms with Crippen molar-refractivity contribution in [3.63, 3.8) is 0 Å². The molecule has 4 heteroatoms. The monoisotopic (exact) mass is 343 g/mol. The second kappa shape index (κ2) is 6.55. The van der Waals surface area contributed by atoms with Crippen LogP contribution in [-0.4, -0.2) is 42.2 Å². The Hall–Kier alpha value is -1.29. The fourth-order valence-corrected chi connectivity index (χ4v) is 5.22. The van der Waals surface area contributed by atoms with Gasteiger partial charge in [-0.25, -0.2) is 0 Å². The minimum Gasteiger partial charge on any atom is -0.368 e. The molecule has 4 rings (SSSR count). The Kier molecular flexibility index (Phi) is 4.42. The fourth-order valence-electron chi connectivity index (χ4n) is 4.88. The van der Waals surface area contributed by atoms with Gasteiger partial charge in [0.1, 0.15) is 0 Å². The molecule has 0 amide bonds. The second-order valence-electron chi connectivity index (χ2n) is 7.99. The third-order valence-electron chi connectivity index (χ3n) is 6.32. The number of nitrogens with one attached hydrogen (secondary N) is 1. The van der Waals surface area contributed by atoms with Crippen molar-refractivity contribution >= 4 is 23.0 Å². The second-order valence-corrected chi connectivity index (χ2v) is 8.38. The lowest BCUT2D eigenvalue weighted by molar-refractivity contribution is 0.345. The molecule has 1 aromatic rings. The lowest BCUT2D eigenvalue weighted by atomic mass is 9.95. The van der Waals surface area contributed by atoms with Crippen molar-refractivity contribution in [2.45, 2.75) is 45.6 Å². The molecule has 0 radical (unpaired) electrons. The third kappa shape index (κ3) is 3.13. The summed E-state index contributed by atoms with van der Waals surface area (Å²) in [4.78, 5) is 4.89. The number of aryl methyl sites for hydroxylation is 2. The van der Waals surface area contributed by atoms with Crippen molar-refractivity contribution < 1.29 is 0 Å². The van der Waals surface area contributed by atoms with Gasteiger partial charge in [-0.1, -0.05) is 18.6 Å². The van der Waals surface area contributed by atoms with Gasteiger partial charge in [0.05, 0.1) is 0 Å². The molecule has 2 aliphatic carbocycles. The zero-order valence-corrected chi connectivity index (χ0v) is 15.7. The van der Waals surface area contributed by atoms with E-state index in [0.29, 0.717) is 6.04 Å². The first-order chi connectivity index (χ1) is 11.6. The highest BCUT2D eigenvalue weighted by Crippen LogP contribution is 2.44. The molecule has 2 bridgehead atoms. The van der Waals surface area contributed by atoms with E-state index in [1.54, 1.807) is 0 Å². The largest absolute Gasteiger partial charge is 0.368 e. The van der Waals surface area contributed by atoms with E-state index in [1.165, 1.54) is 42.5 Å². The molecule has 1 N–H and O–H groups in total. The first-order valence-electron chi connectivity index (χ1n) is 9.48. The SMILES string of the molecule is Cc1ccc(C)c(N2CCN(C(=S)N[C@H]3C[C@H]4CC[C@@H]3C4)CC2)c1. The number of nitrogens with zero attached hydrogens (tertiary/aromatic N) is 2. The first-order valence-corrected chi connectivity index (χ1v) is 9.88. The quantitative estimate of drug-likeness (QED) is 0.828. The highest BCUT2D eigenvalue weighted by atomic mass is 32.1. The van der Waals surface area contributed by atoms with E-state index >= 15 is 0 Å². The molecule has 1 aromatic carbocycles. The molecule has 0 unspecified atom stereocenters. The summed E-state index contributed by atoms with van der Waals surface area (Å²) in [5.41, 5.74) is 4.10. The van der Waals surface area contributed by atoms with Gasteiger partial charge < -0.3 is 15.1 Å². The Balaban J connectivity index is 1.32. The molecular weight excluding hydrogens is 314 g/mol. The number of hydrogen-bond donors (Lipinski definition) is 1. The number of anilines is 1. The Morgan fingerprint density at radius 2 is 1.88 bits per heavy atom. The first kappa shape index (κ1) is 16.2. The highest BCUT2D eigenvalue weighted by molar-refractivity contribution is 7.80. The number of fused-ring (bicyclic) bond motifs is 2. The van der Waals surface area contributed by atoms with Gasteiger partial charge in [0.2, 0.25) is 0 Å². The van der Waals surface area contributed by atoms with E-state index in [1.807, 2.05) is 0 Å². The molecule has 1 heterocycles. The molecule has 0 spiro atoms. The van der Waals surface area contributed by atoms with Crippen LogP contribution >= 0.6 is 12.2 Å². The van der Waals surface area contributed by atoms with Crippen LogP contribution in [0, 0.1) is 25.7 Å². The molecule has 130 valence electrons. The average Bonchev–Trinajstić information content (AvgIpc) is 3.20. The summed E-state index contributed by atoms with van der Waals surface area (Å²) in [6.45, 7) is 8.56. The minimum absolute atomic E-state index is 0.647. The van der Waals surface area contributed by atoms with Gasteiger partial charge >= 0.3 is 0 Å². The predicted octanol–water partition coefficient (Wildman–Crippen LogP) is 3.49. The van der Waals surface area contributed by atoms with Crippen molar-refractivity contribution in [1.29, 1.82) is 0 Å². The van der Waals surface area contributed by atoms with Crippen LogP contribution in [0.15, 0.2) is 18.2 Å². The molecule has 0 aromatic heterocycles. The Morgan fingerprint density at radius 1 is 1.08 bits per heavy atom.